The second-order valence-electron chi connectivity index (χ2n) is 3.97. The molecule has 1 heterocycles. The lowest BCUT2D eigenvalue weighted by atomic mass is 10.0. The molecule has 1 aromatic heterocycles. The lowest BCUT2D eigenvalue weighted by molar-refractivity contribution is 0.478. The van der Waals surface area contributed by atoms with Gasteiger partial charge in [-0.05, 0) is 5.92 Å². The Kier molecular flexibility index (Phi) is 4.85. The molecule has 0 saturated heterocycles. The molecule has 0 fully saturated rings. The van der Waals surface area contributed by atoms with E-state index in [0.717, 1.165) is 19.0 Å². The van der Waals surface area contributed by atoms with Gasteiger partial charge in [-0.3, -0.25) is 9.78 Å². The molecule has 0 unspecified atom stereocenters. The van der Waals surface area contributed by atoms with Crippen LogP contribution in [0.4, 0.5) is 0 Å². The Morgan fingerprint density at radius 2 is 1.89 bits per heavy atom. The smallest absolute Gasteiger partial charge is 0.313 e. The van der Waals surface area contributed by atoms with Crippen LogP contribution < -0.4 is 16.0 Å². The van der Waals surface area contributed by atoms with Crippen molar-refractivity contribution >= 4 is 10.0 Å². The largest absolute Gasteiger partial charge is 0.325 e. The Hall–Kier alpha value is -1.41. The van der Waals surface area contributed by atoms with Gasteiger partial charge in [0.1, 0.15) is 0 Å². The summed E-state index contributed by atoms with van der Waals surface area (Å²) >= 11 is 0. The first-order valence-electron chi connectivity index (χ1n) is 5.72. The van der Waals surface area contributed by atoms with Gasteiger partial charge in [-0.15, -0.1) is 0 Å². The quantitative estimate of drug-likeness (QED) is 0.666. The molecule has 0 bridgehead atoms. The van der Waals surface area contributed by atoms with Crippen LogP contribution in [0.25, 0.3) is 0 Å². The van der Waals surface area contributed by atoms with Gasteiger partial charge < -0.3 is 4.98 Å². The normalized spacial score (nSPS) is 11.9. The van der Waals surface area contributed by atoms with Crippen molar-refractivity contribution < 1.29 is 8.42 Å². The average Bonchev–Trinajstić information content (AvgIpc) is 2.29. The van der Waals surface area contributed by atoms with E-state index in [2.05, 4.69) is 9.71 Å². The van der Waals surface area contributed by atoms with Gasteiger partial charge in [-0.2, -0.15) is 0 Å². The molecule has 0 spiro atoms. The summed E-state index contributed by atoms with van der Waals surface area (Å²) in [6.45, 7) is 4.21. The summed E-state index contributed by atoms with van der Waals surface area (Å²) in [5, 5.41) is 0. The van der Waals surface area contributed by atoms with E-state index >= 15 is 0 Å². The molecule has 1 rings (SSSR count). The molecule has 0 aromatic carbocycles. The van der Waals surface area contributed by atoms with Gasteiger partial charge >= 0.3 is 5.69 Å². The highest BCUT2D eigenvalue weighted by Crippen LogP contribution is 2.07. The van der Waals surface area contributed by atoms with Crippen LogP contribution in [0.3, 0.4) is 0 Å². The summed E-state index contributed by atoms with van der Waals surface area (Å²) in [4.78, 5) is 25.7. The van der Waals surface area contributed by atoms with E-state index in [9.17, 15) is 18.0 Å². The molecule has 0 saturated carbocycles. The minimum Gasteiger partial charge on any atom is -0.313 e. The monoisotopic (exact) mass is 275 g/mol. The van der Waals surface area contributed by atoms with Crippen LogP contribution in [0.15, 0.2) is 20.7 Å². The number of H-pyrrole nitrogens is 2. The number of aromatic amines is 2. The zero-order valence-corrected chi connectivity index (χ0v) is 11.1. The molecule has 7 nitrogen and oxygen atoms in total. The summed E-state index contributed by atoms with van der Waals surface area (Å²) in [6.07, 6.45) is 2.60. The second kappa shape index (κ2) is 5.96. The fourth-order valence-electron chi connectivity index (χ4n) is 1.48. The molecule has 18 heavy (non-hydrogen) atoms. The van der Waals surface area contributed by atoms with Crippen molar-refractivity contribution in [1.82, 2.24) is 14.7 Å². The highest BCUT2D eigenvalue weighted by molar-refractivity contribution is 7.89. The van der Waals surface area contributed by atoms with Gasteiger partial charge in [0, 0.05) is 12.7 Å². The van der Waals surface area contributed by atoms with Crippen LogP contribution in [0, 0.1) is 5.92 Å². The lowest BCUT2D eigenvalue weighted by Gasteiger charge is -2.12. The summed E-state index contributed by atoms with van der Waals surface area (Å²) in [7, 11) is -3.89. The number of hydrogen-bond acceptors (Lipinski definition) is 4. The maximum atomic E-state index is 11.8. The average molecular weight is 275 g/mol. The molecule has 3 N–H and O–H groups in total. The van der Waals surface area contributed by atoms with Crippen LogP contribution in [-0.4, -0.2) is 24.9 Å². The molecule has 0 aliphatic carbocycles. The Morgan fingerprint density at radius 3 is 2.39 bits per heavy atom. The third-order valence-electron chi connectivity index (χ3n) is 2.79. The standard InChI is InChI=1S/C10H17N3O4S/c1-3-7(4-2)5-12-18(16,17)8-6-11-10(15)13-9(8)14/h6-7,12H,3-5H2,1-2H3,(H2,11,13,14,15). The van der Waals surface area contributed by atoms with E-state index in [1.54, 1.807) is 0 Å². The van der Waals surface area contributed by atoms with Crippen molar-refractivity contribution in [2.75, 3.05) is 6.54 Å². The second-order valence-corrected chi connectivity index (χ2v) is 5.71. The first-order valence-corrected chi connectivity index (χ1v) is 7.20. The van der Waals surface area contributed by atoms with E-state index in [-0.39, 0.29) is 12.5 Å². The minimum absolute atomic E-state index is 0.224. The Labute approximate surface area is 105 Å². The summed E-state index contributed by atoms with van der Waals surface area (Å²) in [5.41, 5.74) is -1.66. The van der Waals surface area contributed by atoms with Crippen molar-refractivity contribution in [2.24, 2.45) is 5.92 Å². The van der Waals surface area contributed by atoms with Crippen molar-refractivity contribution in [3.8, 4) is 0 Å². The van der Waals surface area contributed by atoms with Gasteiger partial charge in [0.05, 0.1) is 0 Å². The number of sulfonamides is 1. The van der Waals surface area contributed by atoms with Gasteiger partial charge in [0.15, 0.2) is 4.90 Å². The van der Waals surface area contributed by atoms with Gasteiger partial charge in [-0.1, -0.05) is 26.7 Å². The highest BCUT2D eigenvalue weighted by Gasteiger charge is 2.19. The zero-order valence-electron chi connectivity index (χ0n) is 10.3. The van der Waals surface area contributed by atoms with Crippen molar-refractivity contribution in [3.63, 3.8) is 0 Å². The maximum Gasteiger partial charge on any atom is 0.325 e. The van der Waals surface area contributed by atoms with Crippen molar-refractivity contribution in [3.05, 3.63) is 27.0 Å². The van der Waals surface area contributed by atoms with Gasteiger partial charge in [-0.25, -0.2) is 17.9 Å². The SMILES string of the molecule is CCC(CC)CNS(=O)(=O)c1c[nH]c(=O)[nH]c1=O. The molecule has 0 radical (unpaired) electrons. The van der Waals surface area contributed by atoms with E-state index in [1.165, 1.54) is 0 Å². The van der Waals surface area contributed by atoms with Crippen LogP contribution in [0.1, 0.15) is 26.7 Å². The van der Waals surface area contributed by atoms with Crippen LogP contribution in [0.5, 0.6) is 0 Å². The maximum absolute atomic E-state index is 11.8. The molecule has 8 heteroatoms. The molecular weight excluding hydrogens is 258 g/mol. The summed E-state index contributed by atoms with van der Waals surface area (Å²) in [6, 6.07) is 0. The summed E-state index contributed by atoms with van der Waals surface area (Å²) in [5.74, 6) is 0.224. The predicted octanol–water partition coefficient (Wildman–Crippen LogP) is -0.222. The van der Waals surface area contributed by atoms with Crippen molar-refractivity contribution in [1.29, 1.82) is 0 Å². The minimum atomic E-state index is -3.89. The van der Waals surface area contributed by atoms with Crippen molar-refractivity contribution in [2.45, 2.75) is 31.6 Å². The third-order valence-corrected chi connectivity index (χ3v) is 4.22. The van der Waals surface area contributed by atoms with Crippen LogP contribution in [-0.2, 0) is 10.0 Å². The third kappa shape index (κ3) is 3.54. The molecule has 0 amide bonds. The summed E-state index contributed by atoms with van der Waals surface area (Å²) < 4.78 is 26.1. The lowest BCUT2D eigenvalue weighted by Crippen LogP contribution is -2.35. The molecule has 0 aliphatic rings. The van der Waals surface area contributed by atoms with Gasteiger partial charge in [0.2, 0.25) is 10.0 Å². The van der Waals surface area contributed by atoms with E-state index < -0.39 is 26.2 Å². The van der Waals surface area contributed by atoms with Gasteiger partial charge in [0.25, 0.3) is 5.56 Å². The number of hydrogen-bond donors (Lipinski definition) is 3. The topological polar surface area (TPSA) is 112 Å². The molecular formula is C10H17N3O4S. The molecule has 1 aromatic rings. The van der Waals surface area contributed by atoms with E-state index in [0.29, 0.717) is 0 Å². The first kappa shape index (κ1) is 14.7. The zero-order chi connectivity index (χ0) is 13.8. The van der Waals surface area contributed by atoms with E-state index in [4.69, 9.17) is 0 Å². The highest BCUT2D eigenvalue weighted by atomic mass is 32.2. The van der Waals surface area contributed by atoms with Crippen LogP contribution in [0.2, 0.25) is 0 Å². The van der Waals surface area contributed by atoms with Crippen LogP contribution >= 0.6 is 0 Å². The molecule has 0 aliphatic heterocycles. The molecule has 102 valence electrons. The fourth-order valence-corrected chi connectivity index (χ4v) is 2.60. The number of rotatable bonds is 6. The molecule has 0 atom stereocenters. The number of nitrogens with one attached hydrogen (secondary N) is 3. The first-order chi connectivity index (χ1) is 8.40. The Bertz CT molecular complexity index is 598. The predicted molar refractivity (Wildman–Crippen MR) is 66.9 cm³/mol. The van der Waals surface area contributed by atoms with E-state index in [1.807, 2.05) is 18.8 Å². The Balaban J connectivity index is 2.93. The Morgan fingerprint density at radius 1 is 1.28 bits per heavy atom. The fraction of sp³-hybridized carbons (Fsp3) is 0.600. The number of aromatic nitrogens is 2.